The third-order valence-electron chi connectivity index (χ3n) is 4.30. The summed E-state index contributed by atoms with van der Waals surface area (Å²) in [5.41, 5.74) is 0.829. The number of fused-ring (bicyclic) bond motifs is 2. The normalized spacial score (nSPS) is 46.7. The molecule has 0 aliphatic heterocycles. The van der Waals surface area contributed by atoms with Crippen LogP contribution in [0.25, 0.3) is 0 Å². The number of ether oxygens (including phenoxy) is 1. The van der Waals surface area contributed by atoms with E-state index in [9.17, 15) is 4.79 Å². The summed E-state index contributed by atoms with van der Waals surface area (Å²) in [6, 6.07) is 0. The average molecular weight is 194 g/mol. The Balaban J connectivity index is 2.47. The van der Waals surface area contributed by atoms with Crippen molar-refractivity contribution in [1.29, 1.82) is 0 Å². The van der Waals surface area contributed by atoms with Gasteiger partial charge in [-0.3, -0.25) is 4.79 Å². The van der Waals surface area contributed by atoms with Crippen molar-refractivity contribution >= 4 is 5.78 Å². The molecular weight excluding hydrogens is 176 g/mol. The second-order valence-electron chi connectivity index (χ2n) is 5.11. The molecule has 3 rings (SSSR count). The Morgan fingerprint density at radius 3 is 2.64 bits per heavy atom. The summed E-state index contributed by atoms with van der Waals surface area (Å²) in [5, 5.41) is 0. The number of methoxy groups -OCH3 is 1. The topological polar surface area (TPSA) is 26.3 Å². The molecule has 0 aromatic carbocycles. The maximum absolute atomic E-state index is 11.9. The van der Waals surface area contributed by atoms with Crippen LogP contribution in [0.2, 0.25) is 0 Å². The van der Waals surface area contributed by atoms with Crippen molar-refractivity contribution in [3.05, 3.63) is 11.6 Å². The molecule has 0 heterocycles. The highest BCUT2D eigenvalue weighted by molar-refractivity contribution is 5.90. The molecule has 3 atom stereocenters. The lowest BCUT2D eigenvalue weighted by Crippen LogP contribution is -2.54. The van der Waals surface area contributed by atoms with Gasteiger partial charge < -0.3 is 4.74 Å². The van der Waals surface area contributed by atoms with Gasteiger partial charge in [-0.05, 0) is 27.2 Å². The molecular formula is C12H18O2. The summed E-state index contributed by atoms with van der Waals surface area (Å²) in [6.07, 6.45) is 3.72. The average Bonchev–Trinajstić information content (AvgIpc) is 2.12. The van der Waals surface area contributed by atoms with E-state index in [0.29, 0.717) is 12.2 Å². The second-order valence-corrected chi connectivity index (χ2v) is 5.11. The lowest BCUT2D eigenvalue weighted by atomic mass is 9.55. The van der Waals surface area contributed by atoms with Crippen LogP contribution in [-0.2, 0) is 9.53 Å². The molecule has 0 saturated heterocycles. The van der Waals surface area contributed by atoms with Gasteiger partial charge in [-0.15, -0.1) is 0 Å². The van der Waals surface area contributed by atoms with Crippen LogP contribution in [0.1, 0.15) is 33.6 Å². The van der Waals surface area contributed by atoms with Gasteiger partial charge in [-0.25, -0.2) is 0 Å². The quantitative estimate of drug-likeness (QED) is 0.599. The Morgan fingerprint density at radius 2 is 2.14 bits per heavy atom. The monoisotopic (exact) mass is 194 g/mol. The summed E-state index contributed by atoms with van der Waals surface area (Å²) in [4.78, 5) is 11.9. The predicted octanol–water partition coefficient (Wildman–Crippen LogP) is 2.34. The summed E-state index contributed by atoms with van der Waals surface area (Å²) in [7, 11) is 1.75. The van der Waals surface area contributed by atoms with E-state index in [-0.39, 0.29) is 16.9 Å². The molecule has 0 radical (unpaired) electrons. The molecule has 3 aliphatic carbocycles. The SMILES string of the molecule is CO[C@]1(C)C[C@]2(C)C(=O)C[C@H]1C=C2C. The van der Waals surface area contributed by atoms with Crippen LogP contribution in [-0.4, -0.2) is 18.5 Å². The number of carbonyl (C=O) groups excluding carboxylic acids is 1. The van der Waals surface area contributed by atoms with Crippen molar-refractivity contribution in [3.63, 3.8) is 0 Å². The molecule has 14 heavy (non-hydrogen) atoms. The Bertz CT molecular complexity index is 318. The minimum atomic E-state index is -0.264. The van der Waals surface area contributed by atoms with Crippen molar-refractivity contribution < 1.29 is 9.53 Å². The first-order valence-corrected chi connectivity index (χ1v) is 5.20. The number of carbonyl (C=O) groups is 1. The lowest BCUT2D eigenvalue weighted by molar-refractivity contribution is -0.146. The molecule has 0 aromatic heterocycles. The van der Waals surface area contributed by atoms with Crippen molar-refractivity contribution in [2.75, 3.05) is 7.11 Å². The predicted molar refractivity (Wildman–Crippen MR) is 55.0 cm³/mol. The van der Waals surface area contributed by atoms with Crippen molar-refractivity contribution in [1.82, 2.24) is 0 Å². The molecule has 2 bridgehead atoms. The Labute approximate surface area is 85.3 Å². The van der Waals surface area contributed by atoms with E-state index in [1.807, 2.05) is 6.92 Å². The number of hydrogen-bond donors (Lipinski definition) is 0. The number of allylic oxidation sites excluding steroid dienone is 1. The first-order valence-electron chi connectivity index (χ1n) is 5.20. The second kappa shape index (κ2) is 2.69. The largest absolute Gasteiger partial charge is 0.378 e. The van der Waals surface area contributed by atoms with Gasteiger partial charge in [-0.2, -0.15) is 0 Å². The van der Waals surface area contributed by atoms with Crippen molar-refractivity contribution in [3.8, 4) is 0 Å². The molecule has 2 nitrogen and oxygen atoms in total. The van der Waals surface area contributed by atoms with E-state index in [4.69, 9.17) is 4.74 Å². The zero-order valence-corrected chi connectivity index (χ0v) is 9.39. The van der Waals surface area contributed by atoms with Gasteiger partial charge in [-0.1, -0.05) is 11.6 Å². The third-order valence-corrected chi connectivity index (χ3v) is 4.30. The van der Waals surface area contributed by atoms with E-state index >= 15 is 0 Å². The molecule has 78 valence electrons. The van der Waals surface area contributed by atoms with Gasteiger partial charge in [0.1, 0.15) is 5.78 Å². The van der Waals surface area contributed by atoms with E-state index in [2.05, 4.69) is 19.9 Å². The molecule has 1 saturated carbocycles. The summed E-state index contributed by atoms with van der Waals surface area (Å²) in [5.74, 6) is 0.666. The number of rotatable bonds is 1. The zero-order valence-electron chi connectivity index (χ0n) is 9.39. The minimum absolute atomic E-state index is 0.137. The standard InChI is InChI=1S/C12H18O2/c1-8-5-9-6-10(13)11(8,2)7-12(9,3)14-4/h5,9H,6-7H2,1-4H3/t9-,11+,12-/m1/s1. The fraction of sp³-hybridized carbons (Fsp3) is 0.750. The summed E-state index contributed by atoms with van der Waals surface area (Å²) in [6.45, 7) is 6.23. The Kier molecular flexibility index (Phi) is 1.91. The number of ketones is 1. The van der Waals surface area contributed by atoms with Crippen LogP contribution in [0, 0.1) is 11.3 Å². The highest BCUT2D eigenvalue weighted by Crippen LogP contribution is 2.53. The van der Waals surface area contributed by atoms with Crippen LogP contribution in [0.3, 0.4) is 0 Å². The van der Waals surface area contributed by atoms with E-state index in [0.717, 1.165) is 6.42 Å². The van der Waals surface area contributed by atoms with Crippen molar-refractivity contribution in [2.45, 2.75) is 39.2 Å². The molecule has 2 heteroatoms. The maximum atomic E-state index is 11.9. The highest BCUT2D eigenvalue weighted by Gasteiger charge is 2.54. The van der Waals surface area contributed by atoms with Crippen LogP contribution in [0.4, 0.5) is 0 Å². The fourth-order valence-corrected chi connectivity index (χ4v) is 2.88. The zero-order chi connectivity index (χ0) is 10.6. The molecule has 0 N–H and O–H groups in total. The molecule has 0 aromatic rings. The van der Waals surface area contributed by atoms with E-state index in [1.54, 1.807) is 7.11 Å². The summed E-state index contributed by atoms with van der Waals surface area (Å²) < 4.78 is 5.58. The first-order chi connectivity index (χ1) is 6.42. The smallest absolute Gasteiger partial charge is 0.143 e. The summed E-state index contributed by atoms with van der Waals surface area (Å²) >= 11 is 0. The number of hydrogen-bond acceptors (Lipinski definition) is 2. The minimum Gasteiger partial charge on any atom is -0.378 e. The molecule has 0 amide bonds. The molecule has 0 unspecified atom stereocenters. The lowest BCUT2D eigenvalue weighted by Gasteiger charge is -2.51. The third kappa shape index (κ3) is 1.04. The van der Waals surface area contributed by atoms with Crippen LogP contribution < -0.4 is 0 Å². The first kappa shape index (κ1) is 9.91. The van der Waals surface area contributed by atoms with Crippen LogP contribution in [0.15, 0.2) is 11.6 Å². The van der Waals surface area contributed by atoms with Gasteiger partial charge in [0, 0.05) is 24.9 Å². The van der Waals surface area contributed by atoms with Gasteiger partial charge in [0.05, 0.1) is 5.60 Å². The Morgan fingerprint density at radius 1 is 1.50 bits per heavy atom. The van der Waals surface area contributed by atoms with Gasteiger partial charge in [0.25, 0.3) is 0 Å². The van der Waals surface area contributed by atoms with Gasteiger partial charge >= 0.3 is 0 Å². The Hall–Kier alpha value is -0.630. The van der Waals surface area contributed by atoms with Gasteiger partial charge in [0.2, 0.25) is 0 Å². The maximum Gasteiger partial charge on any atom is 0.143 e. The molecule has 3 aliphatic rings. The van der Waals surface area contributed by atoms with E-state index in [1.165, 1.54) is 5.57 Å². The molecule has 0 spiro atoms. The van der Waals surface area contributed by atoms with Crippen LogP contribution in [0.5, 0.6) is 0 Å². The van der Waals surface area contributed by atoms with Crippen LogP contribution >= 0.6 is 0 Å². The number of Topliss-reactive ketones (excluding diaryl/α,β-unsaturated/α-hetero) is 1. The van der Waals surface area contributed by atoms with Crippen molar-refractivity contribution in [2.24, 2.45) is 11.3 Å². The highest BCUT2D eigenvalue weighted by atomic mass is 16.5. The van der Waals surface area contributed by atoms with Gasteiger partial charge in [0.15, 0.2) is 0 Å². The fourth-order valence-electron chi connectivity index (χ4n) is 2.88. The van der Waals surface area contributed by atoms with E-state index < -0.39 is 0 Å². The molecule has 1 fully saturated rings.